The number of hydrogen-bond acceptors (Lipinski definition) is 8. The molecular formula is C26H20N2O6. The fraction of sp³-hybridized carbons (Fsp3) is 0.0769. The summed E-state index contributed by atoms with van der Waals surface area (Å²) in [7, 11) is 0. The van der Waals surface area contributed by atoms with Crippen LogP contribution in [0.3, 0.4) is 0 Å². The summed E-state index contributed by atoms with van der Waals surface area (Å²) < 4.78 is 0. The molecule has 0 aromatic heterocycles. The van der Waals surface area contributed by atoms with Crippen LogP contribution in [0.4, 0.5) is 5.69 Å². The van der Waals surface area contributed by atoms with Crippen molar-refractivity contribution in [1.82, 2.24) is 0 Å². The number of phenols is 3. The van der Waals surface area contributed by atoms with Crippen molar-refractivity contribution in [3.05, 3.63) is 96.0 Å². The van der Waals surface area contributed by atoms with Crippen molar-refractivity contribution in [2.75, 3.05) is 0 Å². The Hall–Kier alpha value is -4.56. The van der Waals surface area contributed by atoms with Gasteiger partial charge in [0.25, 0.3) is 0 Å². The molecule has 1 aliphatic rings. The third-order valence-corrected chi connectivity index (χ3v) is 5.91. The van der Waals surface area contributed by atoms with E-state index < -0.39 is 28.9 Å². The molecule has 2 atom stereocenters. The minimum Gasteiger partial charge on any atom is -0.510 e. The van der Waals surface area contributed by atoms with Gasteiger partial charge >= 0.3 is 0 Å². The van der Waals surface area contributed by atoms with Crippen molar-refractivity contribution in [2.45, 2.75) is 11.6 Å². The molecule has 0 spiro atoms. The fourth-order valence-electron chi connectivity index (χ4n) is 4.37. The number of benzene rings is 4. The van der Waals surface area contributed by atoms with Gasteiger partial charge < -0.3 is 30.6 Å². The van der Waals surface area contributed by atoms with Crippen LogP contribution in [0.15, 0.2) is 101 Å². The van der Waals surface area contributed by atoms with Gasteiger partial charge in [-0.1, -0.05) is 54.6 Å². The van der Waals surface area contributed by atoms with Gasteiger partial charge in [0.2, 0.25) is 0 Å². The average molecular weight is 456 g/mol. The van der Waals surface area contributed by atoms with Gasteiger partial charge in [0.15, 0.2) is 23.2 Å². The van der Waals surface area contributed by atoms with Crippen LogP contribution in [0.5, 0.6) is 17.2 Å². The quantitative estimate of drug-likeness (QED) is 0.181. The number of fused-ring (bicyclic) bond motifs is 3. The fourth-order valence-corrected chi connectivity index (χ4v) is 4.37. The lowest BCUT2D eigenvalue weighted by atomic mass is 9.79. The van der Waals surface area contributed by atoms with Crippen LogP contribution in [-0.4, -0.2) is 36.7 Å². The first-order valence-electron chi connectivity index (χ1n) is 10.4. The molecule has 6 N–H and O–H groups in total. The molecule has 4 aromatic rings. The molecule has 0 aliphatic heterocycles. The molecule has 0 heterocycles. The second-order valence-corrected chi connectivity index (χ2v) is 8.10. The van der Waals surface area contributed by atoms with Crippen LogP contribution in [0.1, 0.15) is 5.56 Å². The van der Waals surface area contributed by atoms with Crippen molar-refractivity contribution < 1.29 is 30.6 Å². The van der Waals surface area contributed by atoms with E-state index in [-0.39, 0.29) is 17.2 Å². The van der Waals surface area contributed by atoms with Crippen LogP contribution in [0.2, 0.25) is 0 Å². The zero-order valence-electron chi connectivity index (χ0n) is 17.7. The molecule has 0 radical (unpaired) electrons. The van der Waals surface area contributed by atoms with Gasteiger partial charge in [-0.2, -0.15) is 5.11 Å². The van der Waals surface area contributed by atoms with Gasteiger partial charge in [0.05, 0.1) is 0 Å². The summed E-state index contributed by atoms with van der Waals surface area (Å²) in [6.07, 6.45) is 2.20. The summed E-state index contributed by atoms with van der Waals surface area (Å²) in [6, 6.07) is 17.4. The molecule has 8 heteroatoms. The Labute approximate surface area is 193 Å². The van der Waals surface area contributed by atoms with Gasteiger partial charge in [-0.15, -0.1) is 5.11 Å². The van der Waals surface area contributed by atoms with E-state index in [2.05, 4.69) is 10.2 Å². The number of nitrogens with zero attached hydrogens (tertiary/aromatic N) is 2. The number of aromatic hydroxyl groups is 3. The van der Waals surface area contributed by atoms with Crippen LogP contribution >= 0.6 is 0 Å². The van der Waals surface area contributed by atoms with E-state index in [4.69, 9.17) is 0 Å². The van der Waals surface area contributed by atoms with Crippen LogP contribution in [0, 0.1) is 0 Å². The molecule has 0 amide bonds. The molecule has 2 unspecified atom stereocenters. The van der Waals surface area contributed by atoms with Crippen molar-refractivity contribution in [2.24, 2.45) is 10.2 Å². The van der Waals surface area contributed by atoms with Gasteiger partial charge in [0, 0.05) is 18.2 Å². The molecule has 34 heavy (non-hydrogen) atoms. The average Bonchev–Trinajstić information content (AvgIpc) is 2.79. The largest absolute Gasteiger partial charge is 0.510 e. The number of allylic oxidation sites excluding steroid dienone is 1. The van der Waals surface area contributed by atoms with E-state index in [0.29, 0.717) is 10.9 Å². The van der Waals surface area contributed by atoms with Crippen LogP contribution < -0.4 is 0 Å². The lowest BCUT2D eigenvalue weighted by Crippen LogP contribution is -2.40. The molecular weight excluding hydrogens is 436 g/mol. The lowest BCUT2D eigenvalue weighted by Gasteiger charge is -2.34. The third kappa shape index (κ3) is 3.37. The minimum absolute atomic E-state index is 0.351. The monoisotopic (exact) mass is 456 g/mol. The highest BCUT2D eigenvalue weighted by Gasteiger charge is 2.44. The van der Waals surface area contributed by atoms with Gasteiger partial charge in [0.1, 0.15) is 22.9 Å². The second kappa shape index (κ2) is 7.79. The normalized spacial score (nSPS) is 20.6. The maximum atomic E-state index is 11.8. The van der Waals surface area contributed by atoms with E-state index in [9.17, 15) is 30.6 Å². The van der Waals surface area contributed by atoms with Crippen molar-refractivity contribution in [3.8, 4) is 17.2 Å². The van der Waals surface area contributed by atoms with E-state index in [1.54, 1.807) is 12.1 Å². The Morgan fingerprint density at radius 2 is 1.44 bits per heavy atom. The molecule has 0 fully saturated rings. The number of aliphatic hydroxyl groups excluding tert-OH is 2. The number of phenolic OH excluding ortho intramolecular Hbond substituents is 3. The number of aliphatic hydroxyl groups is 3. The predicted octanol–water partition coefficient (Wildman–Crippen LogP) is 5.35. The maximum Gasteiger partial charge on any atom is 0.169 e. The molecule has 0 saturated carbocycles. The van der Waals surface area contributed by atoms with Crippen LogP contribution in [0.25, 0.3) is 21.5 Å². The first-order valence-corrected chi connectivity index (χ1v) is 10.4. The highest BCUT2D eigenvalue weighted by atomic mass is 16.3. The van der Waals surface area contributed by atoms with Gasteiger partial charge in [-0.05, 0) is 33.2 Å². The highest BCUT2D eigenvalue weighted by Crippen LogP contribution is 2.44. The third-order valence-electron chi connectivity index (χ3n) is 5.91. The summed E-state index contributed by atoms with van der Waals surface area (Å²) in [5.74, 6) is -2.29. The number of hydrogen-bond donors (Lipinski definition) is 6. The van der Waals surface area contributed by atoms with E-state index in [0.717, 1.165) is 40.4 Å². The van der Waals surface area contributed by atoms with Crippen LogP contribution in [-0.2, 0) is 5.60 Å². The zero-order chi connectivity index (χ0) is 24.0. The lowest BCUT2D eigenvalue weighted by molar-refractivity contribution is 0.0506. The summed E-state index contributed by atoms with van der Waals surface area (Å²) in [5, 5.41) is 73.6. The maximum absolute atomic E-state index is 11.8. The van der Waals surface area contributed by atoms with E-state index >= 15 is 0 Å². The summed E-state index contributed by atoms with van der Waals surface area (Å²) in [4.78, 5) is 0. The molecule has 0 bridgehead atoms. The molecule has 170 valence electrons. The Morgan fingerprint density at radius 1 is 0.735 bits per heavy atom. The van der Waals surface area contributed by atoms with E-state index in [1.165, 1.54) is 0 Å². The van der Waals surface area contributed by atoms with Gasteiger partial charge in [-0.3, -0.25) is 0 Å². The molecule has 0 saturated heterocycles. The molecule has 4 aromatic carbocycles. The predicted molar refractivity (Wildman–Crippen MR) is 127 cm³/mol. The number of rotatable bonds is 3. The Bertz CT molecular complexity index is 1520. The topological polar surface area (TPSA) is 146 Å². The Kier molecular flexibility index (Phi) is 4.88. The zero-order valence-corrected chi connectivity index (χ0v) is 17.7. The summed E-state index contributed by atoms with van der Waals surface area (Å²) in [6.45, 7) is 0. The first kappa shape index (κ1) is 21.3. The summed E-state index contributed by atoms with van der Waals surface area (Å²) in [5.41, 5.74) is -2.00. The van der Waals surface area contributed by atoms with Crippen molar-refractivity contribution in [1.29, 1.82) is 0 Å². The highest BCUT2D eigenvalue weighted by molar-refractivity contribution is 6.08. The SMILES string of the molecule is OC1=CC(O)(c2cccc3c2ccc2ccccc23)C(N=Nc2c(O)cc(O)cc2O)C(O)=C1. The molecule has 8 nitrogen and oxygen atoms in total. The van der Waals surface area contributed by atoms with Crippen molar-refractivity contribution in [3.63, 3.8) is 0 Å². The first-order chi connectivity index (χ1) is 16.3. The second-order valence-electron chi connectivity index (χ2n) is 8.10. The minimum atomic E-state index is -2.02. The van der Waals surface area contributed by atoms with Gasteiger partial charge in [-0.25, -0.2) is 0 Å². The smallest absolute Gasteiger partial charge is 0.169 e. The number of azo groups is 1. The Morgan fingerprint density at radius 3 is 2.21 bits per heavy atom. The van der Waals surface area contributed by atoms with E-state index in [1.807, 2.05) is 42.5 Å². The standard InChI is InChI=1S/C26H20N2O6/c29-15-10-21(31)24(22(32)11-15)27-28-25-23(33)12-16(30)13-26(25,34)20-7-3-6-18-17-5-2-1-4-14(17)8-9-19(18)20/h1-13,25,29-34H. The summed E-state index contributed by atoms with van der Waals surface area (Å²) >= 11 is 0. The molecule has 5 rings (SSSR count). The Balaban J connectivity index is 1.69. The van der Waals surface area contributed by atoms with Crippen molar-refractivity contribution >= 4 is 27.2 Å². The molecule has 1 aliphatic carbocycles.